The van der Waals surface area contributed by atoms with Crippen molar-refractivity contribution in [1.82, 2.24) is 4.90 Å². The molecule has 2 saturated heterocycles. The predicted octanol–water partition coefficient (Wildman–Crippen LogP) is 2.88. The fourth-order valence-electron chi connectivity index (χ4n) is 4.62. The van der Waals surface area contributed by atoms with Gasteiger partial charge in [0.15, 0.2) is 9.84 Å². The van der Waals surface area contributed by atoms with Crippen molar-refractivity contribution >= 4 is 21.4 Å². The van der Waals surface area contributed by atoms with Crippen LogP contribution in [0.3, 0.4) is 0 Å². The number of fused-ring (bicyclic) bond motifs is 1. The predicted molar refractivity (Wildman–Crippen MR) is 123 cm³/mol. The first-order valence-corrected chi connectivity index (χ1v) is 12.6. The number of amides is 1. The standard InChI is InChI=1S/C24H30N2O4S/c1-17(2)19-6-8-20(9-7-19)26-23-16-31(28,29)15-22(23)25(14-24(26)27)13-12-18-4-10-21(30-3)11-5-18/h4-11,17,22-23H,12-16H2,1-3H3/t22-,23+/m0/s1. The molecule has 1 amide bonds. The van der Waals surface area contributed by atoms with E-state index in [-0.39, 0.29) is 36.0 Å². The van der Waals surface area contributed by atoms with Gasteiger partial charge in [-0.1, -0.05) is 38.1 Å². The third kappa shape index (κ3) is 4.62. The van der Waals surface area contributed by atoms with Gasteiger partial charge in [-0.2, -0.15) is 0 Å². The molecule has 31 heavy (non-hydrogen) atoms. The zero-order valence-corrected chi connectivity index (χ0v) is 19.1. The number of nitrogens with zero attached hydrogens (tertiary/aromatic N) is 2. The monoisotopic (exact) mass is 442 g/mol. The average Bonchev–Trinajstić information content (AvgIpc) is 3.07. The summed E-state index contributed by atoms with van der Waals surface area (Å²) in [4.78, 5) is 16.9. The first-order chi connectivity index (χ1) is 14.8. The lowest BCUT2D eigenvalue weighted by atomic mass is 10.00. The molecule has 2 fully saturated rings. The van der Waals surface area contributed by atoms with Gasteiger partial charge < -0.3 is 9.64 Å². The Morgan fingerprint density at radius 2 is 1.65 bits per heavy atom. The van der Waals surface area contributed by atoms with E-state index in [1.54, 1.807) is 12.0 Å². The maximum atomic E-state index is 13.1. The second-order valence-electron chi connectivity index (χ2n) is 8.79. The number of hydrogen-bond acceptors (Lipinski definition) is 5. The molecule has 0 aliphatic carbocycles. The van der Waals surface area contributed by atoms with Crippen LogP contribution >= 0.6 is 0 Å². The third-order valence-corrected chi connectivity index (χ3v) is 8.08. The second kappa shape index (κ2) is 8.63. The third-order valence-electron chi connectivity index (χ3n) is 6.39. The van der Waals surface area contributed by atoms with Crippen molar-refractivity contribution in [3.8, 4) is 5.75 Å². The summed E-state index contributed by atoms with van der Waals surface area (Å²) in [5.41, 5.74) is 3.12. The SMILES string of the molecule is COc1ccc(CCN2CC(=O)N(c3ccc(C(C)C)cc3)[C@@H]3CS(=O)(=O)C[C@@H]32)cc1. The van der Waals surface area contributed by atoms with E-state index in [0.29, 0.717) is 12.5 Å². The van der Waals surface area contributed by atoms with Crippen molar-refractivity contribution in [2.75, 3.05) is 36.6 Å². The van der Waals surface area contributed by atoms with Gasteiger partial charge in [0.25, 0.3) is 0 Å². The van der Waals surface area contributed by atoms with Gasteiger partial charge in [-0.05, 0) is 47.7 Å². The summed E-state index contributed by atoms with van der Waals surface area (Å²) in [7, 11) is -1.56. The molecule has 0 bridgehead atoms. The van der Waals surface area contributed by atoms with Gasteiger partial charge in [0.2, 0.25) is 5.91 Å². The Bertz CT molecular complexity index is 1030. The van der Waals surface area contributed by atoms with Crippen LogP contribution in [0.4, 0.5) is 5.69 Å². The highest BCUT2D eigenvalue weighted by Crippen LogP contribution is 2.32. The highest BCUT2D eigenvalue weighted by atomic mass is 32.2. The van der Waals surface area contributed by atoms with Crippen LogP contribution in [0.2, 0.25) is 0 Å². The first kappa shape index (κ1) is 21.8. The molecule has 2 aromatic carbocycles. The van der Waals surface area contributed by atoms with Crippen LogP contribution in [0.15, 0.2) is 48.5 Å². The van der Waals surface area contributed by atoms with Gasteiger partial charge in [-0.25, -0.2) is 8.42 Å². The highest BCUT2D eigenvalue weighted by Gasteiger charge is 2.49. The summed E-state index contributed by atoms with van der Waals surface area (Å²) < 4.78 is 30.3. The Morgan fingerprint density at radius 1 is 1.00 bits per heavy atom. The number of rotatable bonds is 6. The summed E-state index contributed by atoms with van der Waals surface area (Å²) in [5.74, 6) is 1.30. The Hall–Kier alpha value is -2.38. The fourth-order valence-corrected chi connectivity index (χ4v) is 6.60. The number of methoxy groups -OCH3 is 1. The quantitative estimate of drug-likeness (QED) is 0.688. The summed E-state index contributed by atoms with van der Waals surface area (Å²) in [5, 5.41) is 0. The second-order valence-corrected chi connectivity index (χ2v) is 10.9. The van der Waals surface area contributed by atoms with E-state index in [4.69, 9.17) is 4.74 Å². The highest BCUT2D eigenvalue weighted by molar-refractivity contribution is 7.91. The molecule has 0 aromatic heterocycles. The zero-order valence-electron chi connectivity index (χ0n) is 18.3. The minimum atomic E-state index is -3.19. The van der Waals surface area contributed by atoms with Crippen LogP contribution in [-0.4, -0.2) is 63.0 Å². The minimum absolute atomic E-state index is 0.0222. The minimum Gasteiger partial charge on any atom is -0.497 e. The van der Waals surface area contributed by atoms with E-state index in [9.17, 15) is 13.2 Å². The molecule has 0 N–H and O–H groups in total. The molecule has 2 aliphatic rings. The number of anilines is 1. The van der Waals surface area contributed by atoms with Crippen LogP contribution < -0.4 is 9.64 Å². The van der Waals surface area contributed by atoms with Crippen LogP contribution in [0.25, 0.3) is 0 Å². The Morgan fingerprint density at radius 3 is 2.26 bits per heavy atom. The van der Waals surface area contributed by atoms with Crippen LogP contribution in [0, 0.1) is 0 Å². The molecular weight excluding hydrogens is 412 g/mol. The molecule has 0 unspecified atom stereocenters. The van der Waals surface area contributed by atoms with Crippen molar-refractivity contribution in [2.24, 2.45) is 0 Å². The van der Waals surface area contributed by atoms with Crippen LogP contribution in [0.5, 0.6) is 5.75 Å². The summed E-state index contributed by atoms with van der Waals surface area (Å²) in [6, 6.07) is 15.3. The molecule has 166 valence electrons. The number of benzene rings is 2. The maximum absolute atomic E-state index is 13.1. The summed E-state index contributed by atoms with van der Waals surface area (Å²) in [6.45, 7) is 5.14. The van der Waals surface area contributed by atoms with Gasteiger partial charge in [0.1, 0.15) is 5.75 Å². The molecule has 2 atom stereocenters. The summed E-state index contributed by atoms with van der Waals surface area (Å²) >= 11 is 0. The van der Waals surface area contributed by atoms with Crippen molar-refractivity contribution < 1.29 is 17.9 Å². The number of carbonyl (C=O) groups excluding carboxylic acids is 1. The lowest BCUT2D eigenvalue weighted by Crippen LogP contribution is -2.62. The Kier molecular flexibility index (Phi) is 6.08. The molecule has 4 rings (SSSR count). The number of hydrogen-bond donors (Lipinski definition) is 0. The van der Waals surface area contributed by atoms with Crippen molar-refractivity contribution in [2.45, 2.75) is 38.3 Å². The summed E-state index contributed by atoms with van der Waals surface area (Å²) in [6.07, 6.45) is 0.754. The van der Waals surface area contributed by atoms with Crippen LogP contribution in [0.1, 0.15) is 30.9 Å². The van der Waals surface area contributed by atoms with Gasteiger partial charge in [-0.15, -0.1) is 0 Å². The van der Waals surface area contributed by atoms with Gasteiger partial charge in [0.05, 0.1) is 31.2 Å². The number of ether oxygens (including phenoxy) is 1. The molecule has 0 saturated carbocycles. The van der Waals surface area contributed by atoms with Crippen molar-refractivity contribution in [3.63, 3.8) is 0 Å². The van der Waals surface area contributed by atoms with Crippen molar-refractivity contribution in [1.29, 1.82) is 0 Å². The molecule has 2 heterocycles. The average molecular weight is 443 g/mol. The molecular formula is C24H30N2O4S. The lowest BCUT2D eigenvalue weighted by Gasteiger charge is -2.43. The van der Waals surface area contributed by atoms with Crippen LogP contribution in [-0.2, 0) is 21.1 Å². The Balaban J connectivity index is 1.54. The molecule has 0 radical (unpaired) electrons. The fraction of sp³-hybridized carbons (Fsp3) is 0.458. The smallest absolute Gasteiger partial charge is 0.241 e. The van der Waals surface area contributed by atoms with E-state index < -0.39 is 9.84 Å². The molecule has 6 nitrogen and oxygen atoms in total. The number of sulfone groups is 1. The molecule has 2 aromatic rings. The van der Waals surface area contributed by atoms with Crippen molar-refractivity contribution in [3.05, 3.63) is 59.7 Å². The van der Waals surface area contributed by atoms with E-state index in [0.717, 1.165) is 23.4 Å². The number of carbonyl (C=O) groups is 1. The molecule has 7 heteroatoms. The molecule has 2 aliphatic heterocycles. The van der Waals surface area contributed by atoms with E-state index in [1.165, 1.54) is 5.56 Å². The topological polar surface area (TPSA) is 66.9 Å². The van der Waals surface area contributed by atoms with Gasteiger partial charge in [-0.3, -0.25) is 9.69 Å². The molecule has 0 spiro atoms. The largest absolute Gasteiger partial charge is 0.497 e. The first-order valence-electron chi connectivity index (χ1n) is 10.8. The Labute approximate surface area is 184 Å². The lowest BCUT2D eigenvalue weighted by molar-refractivity contribution is -0.123. The van der Waals surface area contributed by atoms with E-state index in [2.05, 4.69) is 18.7 Å². The normalized spacial score (nSPS) is 23.2. The van der Waals surface area contributed by atoms with Gasteiger partial charge >= 0.3 is 0 Å². The van der Waals surface area contributed by atoms with E-state index >= 15 is 0 Å². The maximum Gasteiger partial charge on any atom is 0.241 e. The zero-order chi connectivity index (χ0) is 22.2. The number of piperazine rings is 1. The van der Waals surface area contributed by atoms with E-state index in [1.807, 2.05) is 48.5 Å². The van der Waals surface area contributed by atoms with Gasteiger partial charge in [0, 0.05) is 18.3 Å².